The third-order valence-corrected chi connectivity index (χ3v) is 8.89. The molecule has 0 spiro atoms. The molecule has 0 unspecified atom stereocenters. The lowest BCUT2D eigenvalue weighted by atomic mass is 9.98. The highest BCUT2D eigenvalue weighted by atomic mass is 16.6. The lowest BCUT2D eigenvalue weighted by molar-refractivity contribution is -0.145. The molecule has 5 amide bonds. The van der Waals surface area contributed by atoms with Gasteiger partial charge in [0, 0.05) is 25.8 Å². The van der Waals surface area contributed by atoms with E-state index in [9.17, 15) is 28.8 Å². The monoisotopic (exact) mass is 787 g/mol. The molecule has 15 nitrogen and oxygen atoms in total. The molecule has 0 bridgehead atoms. The number of unbranched alkanes of at least 4 members (excludes halogenated alkanes) is 1. The van der Waals surface area contributed by atoms with Gasteiger partial charge < -0.3 is 45.5 Å². The lowest BCUT2D eigenvalue weighted by Crippen LogP contribution is -2.51. The summed E-state index contributed by atoms with van der Waals surface area (Å²) < 4.78 is 21.4. The number of hydrogen-bond acceptors (Lipinski definition) is 10. The van der Waals surface area contributed by atoms with E-state index in [1.54, 1.807) is 45.0 Å². The maximum absolute atomic E-state index is 13.4. The van der Waals surface area contributed by atoms with Crippen LogP contribution in [0.15, 0.2) is 72.8 Å². The van der Waals surface area contributed by atoms with Crippen LogP contribution in [0.1, 0.15) is 69.6 Å². The molecule has 0 heterocycles. The van der Waals surface area contributed by atoms with E-state index in [1.165, 1.54) is 14.0 Å². The molecule has 0 aromatic heterocycles. The van der Waals surface area contributed by atoms with Crippen LogP contribution in [-0.4, -0.2) is 93.5 Å². The molecule has 3 aromatic carbocycles. The van der Waals surface area contributed by atoms with Crippen molar-refractivity contribution in [2.24, 2.45) is 0 Å². The van der Waals surface area contributed by atoms with Crippen molar-refractivity contribution in [2.45, 2.75) is 77.0 Å². The van der Waals surface area contributed by atoms with Crippen LogP contribution in [0, 0.1) is 0 Å². The second-order valence-electron chi connectivity index (χ2n) is 14.5. The van der Waals surface area contributed by atoms with Crippen LogP contribution >= 0.6 is 0 Å². The van der Waals surface area contributed by atoms with E-state index in [-0.39, 0.29) is 44.4 Å². The number of alkyl carbamates (subject to hydrolysis) is 2. The van der Waals surface area contributed by atoms with Crippen LogP contribution in [0.5, 0.6) is 5.75 Å². The van der Waals surface area contributed by atoms with Crippen LogP contribution in [0.25, 0.3) is 11.1 Å². The summed E-state index contributed by atoms with van der Waals surface area (Å²) in [6.45, 7) is 7.12. The maximum atomic E-state index is 13.4. The third-order valence-electron chi connectivity index (χ3n) is 8.89. The lowest BCUT2D eigenvalue weighted by Gasteiger charge is -2.21. The average Bonchev–Trinajstić information content (AvgIpc) is 3.49. The molecule has 0 radical (unpaired) electrons. The molecule has 0 saturated heterocycles. The Hall–Kier alpha value is -6.12. The van der Waals surface area contributed by atoms with Crippen LogP contribution in [-0.2, 0) is 39.8 Å². The van der Waals surface area contributed by atoms with Crippen molar-refractivity contribution < 1.29 is 47.7 Å². The molecular weight excluding hydrogens is 734 g/mol. The van der Waals surface area contributed by atoms with E-state index in [1.807, 2.05) is 48.5 Å². The predicted molar refractivity (Wildman–Crippen MR) is 211 cm³/mol. The van der Waals surface area contributed by atoms with Gasteiger partial charge in [-0.2, -0.15) is 0 Å². The fourth-order valence-corrected chi connectivity index (χ4v) is 6.25. The van der Waals surface area contributed by atoms with Gasteiger partial charge in [-0.15, -0.1) is 0 Å². The van der Waals surface area contributed by atoms with Crippen LogP contribution in [0.3, 0.4) is 0 Å². The molecule has 5 N–H and O–H groups in total. The second-order valence-corrected chi connectivity index (χ2v) is 14.5. The highest BCUT2D eigenvalue weighted by Gasteiger charge is 2.30. The molecular formula is C42H53N5O10. The van der Waals surface area contributed by atoms with Crippen molar-refractivity contribution in [2.75, 3.05) is 40.0 Å². The molecule has 4 rings (SSSR count). The standard InChI is InChI=1S/C42H53N5O10/c1-27(48)43-21-11-10-16-35(47-41(53)56-26-34-32-14-8-6-12-30(32)31-13-7-9-15-33(31)34)38(50)45-25-37(49)46-36(39(51)54-5)24-28-17-19-29(20-18-28)55-23-22-44-40(52)57-42(2,3)4/h6-9,12-15,17-20,34-36H,10-11,16,21-26H2,1-5H3,(H,43,48)(H,44,52)(H,45,50)(H,46,49)(H,47,53)/t35-,36-/m0/s1. The van der Waals surface area contributed by atoms with Crippen LogP contribution in [0.2, 0.25) is 0 Å². The molecule has 306 valence electrons. The first-order valence-corrected chi connectivity index (χ1v) is 18.9. The van der Waals surface area contributed by atoms with E-state index in [0.29, 0.717) is 30.7 Å². The van der Waals surface area contributed by atoms with Gasteiger partial charge in [-0.05, 0) is 80.0 Å². The number of methoxy groups -OCH3 is 1. The largest absolute Gasteiger partial charge is 0.492 e. The van der Waals surface area contributed by atoms with Gasteiger partial charge in [0.25, 0.3) is 0 Å². The molecule has 57 heavy (non-hydrogen) atoms. The summed E-state index contributed by atoms with van der Waals surface area (Å²) in [4.78, 5) is 75.2. The smallest absolute Gasteiger partial charge is 0.407 e. The number of nitrogens with one attached hydrogen (secondary N) is 5. The van der Waals surface area contributed by atoms with Gasteiger partial charge in [0.15, 0.2) is 0 Å². The first-order chi connectivity index (χ1) is 27.2. The minimum absolute atomic E-state index is 0.0527. The normalized spacial score (nSPS) is 12.8. The molecule has 3 aromatic rings. The van der Waals surface area contributed by atoms with Gasteiger partial charge in [-0.25, -0.2) is 14.4 Å². The highest BCUT2D eigenvalue weighted by Crippen LogP contribution is 2.44. The van der Waals surface area contributed by atoms with Crippen molar-refractivity contribution in [1.82, 2.24) is 26.6 Å². The number of esters is 1. The van der Waals surface area contributed by atoms with Crippen molar-refractivity contribution >= 4 is 35.9 Å². The molecule has 15 heteroatoms. The average molecular weight is 788 g/mol. The zero-order valence-corrected chi connectivity index (χ0v) is 33.1. The number of amides is 5. The SMILES string of the molecule is COC(=O)[C@H](Cc1ccc(OCCNC(=O)OC(C)(C)C)cc1)NC(=O)CNC(=O)[C@H](CCCCNC(C)=O)NC(=O)OCC1c2ccccc2-c2ccccc21. The van der Waals surface area contributed by atoms with Gasteiger partial charge in [0.2, 0.25) is 17.7 Å². The number of hydrogen-bond donors (Lipinski definition) is 5. The molecule has 2 atom stereocenters. The third kappa shape index (κ3) is 14.2. The van der Waals surface area contributed by atoms with Crippen LogP contribution in [0.4, 0.5) is 9.59 Å². The Balaban J connectivity index is 1.29. The van der Waals surface area contributed by atoms with E-state index < -0.39 is 54.2 Å². The quantitative estimate of drug-likeness (QED) is 0.0669. The minimum atomic E-state index is -1.06. The molecule has 0 saturated carbocycles. The van der Waals surface area contributed by atoms with Crippen LogP contribution < -0.4 is 31.3 Å². The number of fused-ring (bicyclic) bond motifs is 3. The Morgan fingerprint density at radius 2 is 1.39 bits per heavy atom. The number of carbonyl (C=O) groups is 6. The van der Waals surface area contributed by atoms with Crippen molar-refractivity contribution in [3.63, 3.8) is 0 Å². The summed E-state index contributed by atoms with van der Waals surface area (Å²) >= 11 is 0. The van der Waals surface area contributed by atoms with E-state index in [2.05, 4.69) is 26.6 Å². The number of benzene rings is 3. The number of rotatable bonds is 19. The highest BCUT2D eigenvalue weighted by molar-refractivity contribution is 5.91. The zero-order valence-electron chi connectivity index (χ0n) is 33.1. The second kappa shape index (κ2) is 21.3. The van der Waals surface area contributed by atoms with Crippen molar-refractivity contribution in [1.29, 1.82) is 0 Å². The molecule has 0 fully saturated rings. The van der Waals surface area contributed by atoms with Gasteiger partial charge in [-0.3, -0.25) is 14.4 Å². The maximum Gasteiger partial charge on any atom is 0.407 e. The Kier molecular flexibility index (Phi) is 16.3. The first-order valence-electron chi connectivity index (χ1n) is 18.9. The van der Waals surface area contributed by atoms with Gasteiger partial charge in [0.1, 0.15) is 36.6 Å². The predicted octanol–water partition coefficient (Wildman–Crippen LogP) is 4.12. The minimum Gasteiger partial charge on any atom is -0.492 e. The zero-order chi connectivity index (χ0) is 41.4. The number of ether oxygens (including phenoxy) is 4. The van der Waals surface area contributed by atoms with E-state index in [4.69, 9.17) is 18.9 Å². The Labute approximate surface area is 332 Å². The summed E-state index contributed by atoms with van der Waals surface area (Å²) in [7, 11) is 1.21. The van der Waals surface area contributed by atoms with Gasteiger partial charge in [-0.1, -0.05) is 60.7 Å². The first kappa shape index (κ1) is 43.6. The number of carbonyl (C=O) groups excluding carboxylic acids is 6. The Morgan fingerprint density at radius 3 is 2.00 bits per heavy atom. The van der Waals surface area contributed by atoms with E-state index in [0.717, 1.165) is 22.3 Å². The topological polar surface area (TPSA) is 199 Å². The molecule has 0 aliphatic heterocycles. The van der Waals surface area contributed by atoms with E-state index >= 15 is 0 Å². The Bertz CT molecular complexity index is 1810. The summed E-state index contributed by atoms with van der Waals surface area (Å²) in [5.74, 6) is -1.78. The summed E-state index contributed by atoms with van der Waals surface area (Å²) in [5.41, 5.74) is 4.34. The summed E-state index contributed by atoms with van der Waals surface area (Å²) in [6.07, 6.45) is -0.00388. The molecule has 1 aliphatic carbocycles. The van der Waals surface area contributed by atoms with Crippen molar-refractivity contribution in [3.05, 3.63) is 89.5 Å². The van der Waals surface area contributed by atoms with Gasteiger partial charge >= 0.3 is 18.2 Å². The fraction of sp³-hybridized carbons (Fsp3) is 0.429. The Morgan fingerprint density at radius 1 is 0.737 bits per heavy atom. The summed E-state index contributed by atoms with van der Waals surface area (Å²) in [6, 6.07) is 20.6. The fourth-order valence-electron chi connectivity index (χ4n) is 6.25. The van der Waals surface area contributed by atoms with Crippen molar-refractivity contribution in [3.8, 4) is 16.9 Å². The summed E-state index contributed by atoms with van der Waals surface area (Å²) in [5, 5.41) is 13.1. The molecule has 1 aliphatic rings. The van der Waals surface area contributed by atoms with Gasteiger partial charge in [0.05, 0.1) is 20.2 Å².